The van der Waals surface area contributed by atoms with E-state index in [0.717, 1.165) is 4.47 Å². The maximum absolute atomic E-state index is 6.10. The van der Waals surface area contributed by atoms with Crippen molar-refractivity contribution in [3.63, 3.8) is 0 Å². The van der Waals surface area contributed by atoms with Gasteiger partial charge in [0.2, 0.25) is 0 Å². The number of hydrogen-bond acceptors (Lipinski definition) is 3. The van der Waals surface area contributed by atoms with Gasteiger partial charge in [0.25, 0.3) is 0 Å². The van der Waals surface area contributed by atoms with Gasteiger partial charge in [0.1, 0.15) is 17.2 Å². The van der Waals surface area contributed by atoms with Crippen molar-refractivity contribution >= 4 is 33.2 Å². The molecule has 2 aromatic rings. The number of halogens is 2. The van der Waals surface area contributed by atoms with Crippen molar-refractivity contribution in [1.82, 2.24) is 0 Å². The van der Waals surface area contributed by atoms with Crippen LogP contribution in [0.15, 0.2) is 40.9 Å². The Morgan fingerprint density at radius 3 is 2.50 bits per heavy atom. The summed E-state index contributed by atoms with van der Waals surface area (Å²) < 4.78 is 12.3. The molecule has 3 nitrogen and oxygen atoms in total. The van der Waals surface area contributed by atoms with Gasteiger partial charge in [-0.1, -0.05) is 27.5 Å². The number of ether oxygens (including phenoxy) is 2. The van der Waals surface area contributed by atoms with E-state index in [9.17, 15) is 0 Å². The maximum atomic E-state index is 6.10. The van der Waals surface area contributed by atoms with Crippen molar-refractivity contribution in [2.24, 2.45) is 0 Å². The molecule has 2 rings (SSSR count). The zero-order chi connectivity index (χ0) is 14.7. The third-order valence-corrected chi connectivity index (χ3v) is 3.20. The molecule has 0 radical (unpaired) electrons. The minimum absolute atomic E-state index is 0.0686. The number of rotatable bonds is 4. The monoisotopic (exact) mass is 355 g/mol. The highest BCUT2D eigenvalue weighted by molar-refractivity contribution is 9.10. The molecule has 20 heavy (non-hydrogen) atoms. The highest BCUT2D eigenvalue weighted by Gasteiger charge is 2.07. The molecule has 0 atom stereocenters. The number of benzene rings is 2. The summed E-state index contributed by atoms with van der Waals surface area (Å²) in [5, 5.41) is 0.530. The molecule has 0 amide bonds. The third-order valence-electron chi connectivity index (χ3n) is 2.40. The van der Waals surface area contributed by atoms with E-state index < -0.39 is 0 Å². The molecule has 0 aromatic heterocycles. The number of nitrogen functional groups attached to an aromatic ring is 1. The first-order valence-corrected chi connectivity index (χ1v) is 7.31. The molecular formula is C15H15BrClNO2. The van der Waals surface area contributed by atoms with Crippen molar-refractivity contribution < 1.29 is 9.47 Å². The topological polar surface area (TPSA) is 44.5 Å². The smallest absolute Gasteiger partial charge is 0.147 e. The van der Waals surface area contributed by atoms with Crippen LogP contribution >= 0.6 is 27.5 Å². The molecule has 2 aromatic carbocycles. The van der Waals surface area contributed by atoms with E-state index in [1.165, 1.54) is 0 Å². The minimum atomic E-state index is 0.0686. The van der Waals surface area contributed by atoms with Crippen LogP contribution in [0.25, 0.3) is 0 Å². The van der Waals surface area contributed by atoms with Crippen molar-refractivity contribution in [1.29, 1.82) is 0 Å². The van der Waals surface area contributed by atoms with E-state index in [1.54, 1.807) is 30.3 Å². The molecule has 106 valence electrons. The first-order valence-electron chi connectivity index (χ1n) is 6.14. The lowest BCUT2D eigenvalue weighted by Crippen LogP contribution is -2.05. The second-order valence-electron chi connectivity index (χ2n) is 4.58. The van der Waals surface area contributed by atoms with Gasteiger partial charge in [0.15, 0.2) is 0 Å². The third kappa shape index (κ3) is 4.05. The molecule has 0 fully saturated rings. The molecule has 2 N–H and O–H groups in total. The van der Waals surface area contributed by atoms with E-state index in [2.05, 4.69) is 15.9 Å². The van der Waals surface area contributed by atoms with Crippen LogP contribution in [0.5, 0.6) is 17.2 Å². The van der Waals surface area contributed by atoms with Crippen molar-refractivity contribution in [2.45, 2.75) is 20.0 Å². The molecule has 5 heteroatoms. The van der Waals surface area contributed by atoms with E-state index in [-0.39, 0.29) is 6.10 Å². The van der Waals surface area contributed by atoms with Gasteiger partial charge in [0, 0.05) is 28.4 Å². The van der Waals surface area contributed by atoms with Gasteiger partial charge in [-0.3, -0.25) is 0 Å². The fraction of sp³-hybridized carbons (Fsp3) is 0.200. The largest absolute Gasteiger partial charge is 0.491 e. The second-order valence-corrected chi connectivity index (χ2v) is 5.90. The zero-order valence-corrected chi connectivity index (χ0v) is 13.5. The lowest BCUT2D eigenvalue weighted by atomic mass is 10.2. The van der Waals surface area contributed by atoms with Crippen LogP contribution in [0.2, 0.25) is 5.02 Å². The summed E-state index contributed by atoms with van der Waals surface area (Å²) in [5.74, 6) is 1.81. The van der Waals surface area contributed by atoms with Gasteiger partial charge < -0.3 is 15.2 Å². The van der Waals surface area contributed by atoms with Crippen molar-refractivity contribution in [2.75, 3.05) is 5.73 Å². The number of anilines is 1. The van der Waals surface area contributed by atoms with E-state index in [1.807, 2.05) is 19.9 Å². The quantitative estimate of drug-likeness (QED) is 0.760. The van der Waals surface area contributed by atoms with Crippen LogP contribution in [-0.4, -0.2) is 6.10 Å². The molecule has 0 saturated carbocycles. The highest BCUT2D eigenvalue weighted by Crippen LogP contribution is 2.34. The molecule has 0 heterocycles. The summed E-state index contributed by atoms with van der Waals surface area (Å²) in [4.78, 5) is 0. The fourth-order valence-electron chi connectivity index (χ4n) is 1.68. The van der Waals surface area contributed by atoms with Crippen LogP contribution in [0, 0.1) is 0 Å². The Bertz CT molecular complexity index is 617. The predicted octanol–water partition coefficient (Wildman–Crippen LogP) is 5.26. The Labute approximate surface area is 131 Å². The van der Waals surface area contributed by atoms with Gasteiger partial charge in [-0.2, -0.15) is 0 Å². The van der Waals surface area contributed by atoms with Crippen LogP contribution in [0.3, 0.4) is 0 Å². The molecule has 0 aliphatic heterocycles. The average molecular weight is 357 g/mol. The lowest BCUT2D eigenvalue weighted by molar-refractivity contribution is 0.242. The summed E-state index contributed by atoms with van der Waals surface area (Å²) >= 11 is 9.48. The Hall–Kier alpha value is -1.39. The molecule has 0 unspecified atom stereocenters. The molecule has 0 aliphatic rings. The van der Waals surface area contributed by atoms with Crippen molar-refractivity contribution in [3.05, 3.63) is 45.9 Å². The van der Waals surface area contributed by atoms with Crippen molar-refractivity contribution in [3.8, 4) is 17.2 Å². The molecule has 0 saturated heterocycles. The van der Waals surface area contributed by atoms with Gasteiger partial charge >= 0.3 is 0 Å². The number of nitrogens with two attached hydrogens (primary N) is 1. The second kappa shape index (κ2) is 6.37. The van der Waals surface area contributed by atoms with Gasteiger partial charge in [0.05, 0.1) is 11.1 Å². The normalized spacial score (nSPS) is 10.7. The average Bonchev–Trinajstić information content (AvgIpc) is 2.32. The lowest BCUT2D eigenvalue weighted by Gasteiger charge is -2.13. The molecular weight excluding hydrogens is 342 g/mol. The summed E-state index contributed by atoms with van der Waals surface area (Å²) in [5.41, 5.74) is 6.43. The Balaban J connectivity index is 2.28. The van der Waals surface area contributed by atoms with Crippen LogP contribution in [0.1, 0.15) is 13.8 Å². The minimum Gasteiger partial charge on any atom is -0.491 e. The highest BCUT2D eigenvalue weighted by atomic mass is 79.9. The number of hydrogen-bond donors (Lipinski definition) is 1. The predicted molar refractivity (Wildman–Crippen MR) is 85.8 cm³/mol. The fourth-order valence-corrected chi connectivity index (χ4v) is 2.17. The van der Waals surface area contributed by atoms with Crippen LogP contribution < -0.4 is 15.2 Å². The summed E-state index contributed by atoms with van der Waals surface area (Å²) in [6, 6.07) is 10.7. The Morgan fingerprint density at radius 2 is 1.80 bits per heavy atom. The Morgan fingerprint density at radius 1 is 1.10 bits per heavy atom. The van der Waals surface area contributed by atoms with Crippen LogP contribution in [0.4, 0.5) is 5.69 Å². The summed E-state index contributed by atoms with van der Waals surface area (Å²) in [6.07, 6.45) is 0.0686. The Kier molecular flexibility index (Phi) is 4.78. The van der Waals surface area contributed by atoms with Crippen LogP contribution in [-0.2, 0) is 0 Å². The van der Waals surface area contributed by atoms with E-state index in [4.69, 9.17) is 26.8 Å². The summed E-state index contributed by atoms with van der Waals surface area (Å²) in [7, 11) is 0. The molecule has 0 bridgehead atoms. The SMILES string of the molecule is CC(C)Oc1cc(N)cc(Oc2cc(Br)ccc2Cl)c1. The van der Waals surface area contributed by atoms with Gasteiger partial charge in [-0.05, 0) is 32.0 Å². The van der Waals surface area contributed by atoms with Gasteiger partial charge in [-0.15, -0.1) is 0 Å². The first-order chi connectivity index (χ1) is 9.44. The zero-order valence-electron chi connectivity index (χ0n) is 11.2. The standard InChI is InChI=1S/C15H15BrClNO2/c1-9(2)19-12-6-11(18)7-13(8-12)20-15-5-10(16)3-4-14(15)17/h3-9H,18H2,1-2H3. The van der Waals surface area contributed by atoms with Gasteiger partial charge in [-0.25, -0.2) is 0 Å². The summed E-state index contributed by atoms with van der Waals surface area (Å²) in [6.45, 7) is 3.91. The maximum Gasteiger partial charge on any atom is 0.147 e. The molecule has 0 aliphatic carbocycles. The van der Waals surface area contributed by atoms with E-state index >= 15 is 0 Å². The van der Waals surface area contributed by atoms with E-state index in [0.29, 0.717) is 28.0 Å². The first kappa shape index (κ1) is 15.0. The molecule has 0 spiro atoms.